The predicted molar refractivity (Wildman–Crippen MR) is 136 cm³/mol. The van der Waals surface area contributed by atoms with E-state index in [9.17, 15) is 9.59 Å². The van der Waals surface area contributed by atoms with Crippen LogP contribution in [0.3, 0.4) is 0 Å². The minimum absolute atomic E-state index is 0.210. The van der Waals surface area contributed by atoms with E-state index >= 15 is 0 Å². The van der Waals surface area contributed by atoms with Gasteiger partial charge < -0.3 is 9.30 Å². The lowest BCUT2D eigenvalue weighted by molar-refractivity contribution is 0.0784. The van der Waals surface area contributed by atoms with Crippen molar-refractivity contribution in [3.05, 3.63) is 97.3 Å². The third-order valence-electron chi connectivity index (χ3n) is 6.81. The van der Waals surface area contributed by atoms with Crippen LogP contribution in [0.25, 0.3) is 0 Å². The minimum Gasteiger partial charge on any atom is -0.491 e. The Balaban J connectivity index is 1.43. The summed E-state index contributed by atoms with van der Waals surface area (Å²) >= 11 is 6.09. The average Bonchev–Trinajstić information content (AvgIpc) is 2.78. The Bertz CT molecular complexity index is 1250. The van der Waals surface area contributed by atoms with Gasteiger partial charge in [-0.2, -0.15) is 0 Å². The van der Waals surface area contributed by atoms with Crippen LogP contribution in [0.2, 0.25) is 5.02 Å². The van der Waals surface area contributed by atoms with Gasteiger partial charge in [0.2, 0.25) is 0 Å². The molecule has 1 fully saturated rings. The molecule has 180 valence electrons. The molecule has 34 heavy (non-hydrogen) atoms. The molecule has 1 aromatic heterocycles. The van der Waals surface area contributed by atoms with E-state index < -0.39 is 0 Å². The fourth-order valence-corrected chi connectivity index (χ4v) is 4.61. The van der Waals surface area contributed by atoms with Gasteiger partial charge in [0.25, 0.3) is 5.56 Å². The smallest absolute Gasteiger partial charge is 0.330 e. The van der Waals surface area contributed by atoms with Gasteiger partial charge in [0.15, 0.2) is 0 Å². The van der Waals surface area contributed by atoms with Gasteiger partial charge in [0.1, 0.15) is 12.4 Å². The maximum atomic E-state index is 12.2. The highest BCUT2D eigenvalue weighted by Gasteiger charge is 2.29. The van der Waals surface area contributed by atoms with E-state index in [4.69, 9.17) is 16.3 Å². The van der Waals surface area contributed by atoms with Crippen LogP contribution < -0.4 is 16.0 Å². The molecular weight excluding hydrogens is 450 g/mol. The summed E-state index contributed by atoms with van der Waals surface area (Å²) in [6.07, 6.45) is 5.23. The van der Waals surface area contributed by atoms with Crippen molar-refractivity contribution in [2.75, 3.05) is 6.61 Å². The van der Waals surface area contributed by atoms with Crippen LogP contribution in [0, 0.1) is 6.92 Å². The van der Waals surface area contributed by atoms with E-state index in [1.54, 1.807) is 7.05 Å². The van der Waals surface area contributed by atoms with Crippen LogP contribution in [0.1, 0.15) is 48.9 Å². The van der Waals surface area contributed by atoms with Crippen LogP contribution in [-0.4, -0.2) is 26.7 Å². The summed E-state index contributed by atoms with van der Waals surface area (Å²) in [5.41, 5.74) is 2.90. The summed E-state index contributed by atoms with van der Waals surface area (Å²) < 4.78 is 8.51. The fraction of sp³-hybridized carbons (Fsp3) is 0.407. The van der Waals surface area contributed by atoms with Crippen molar-refractivity contribution in [2.45, 2.75) is 58.3 Å². The number of nitrogens with zero attached hydrogens (tertiary/aromatic N) is 3. The van der Waals surface area contributed by atoms with Gasteiger partial charge in [-0.05, 0) is 61.6 Å². The summed E-state index contributed by atoms with van der Waals surface area (Å²) in [4.78, 5) is 26.7. The van der Waals surface area contributed by atoms with Gasteiger partial charge in [0.05, 0.1) is 6.54 Å². The topological polar surface area (TPSA) is 56.5 Å². The summed E-state index contributed by atoms with van der Waals surface area (Å²) in [6, 6.07) is 16.7. The highest BCUT2D eigenvalue weighted by molar-refractivity contribution is 6.30. The SMILES string of the molecule is Cc1cc(CN(C2CCC2)[C@H](C)c2ccc(Cl)cc2)ccc1OCCn1c(=O)ccn(C)c1=O. The molecule has 1 heterocycles. The third kappa shape index (κ3) is 5.45. The van der Waals surface area contributed by atoms with E-state index in [0.717, 1.165) is 22.9 Å². The van der Waals surface area contributed by atoms with Gasteiger partial charge in [-0.25, -0.2) is 4.79 Å². The molecule has 1 saturated carbocycles. The molecule has 0 N–H and O–H groups in total. The van der Waals surface area contributed by atoms with Crippen molar-refractivity contribution in [1.29, 1.82) is 0 Å². The molecule has 1 aliphatic carbocycles. The first-order chi connectivity index (χ1) is 16.3. The highest BCUT2D eigenvalue weighted by Crippen LogP contribution is 2.34. The standard InChI is InChI=1S/C27H32ClN3O3/c1-19-17-21(7-12-25(19)34-16-15-30-26(32)13-14-29(3)27(30)33)18-31(24-5-4-6-24)20(2)22-8-10-23(28)11-9-22/h7-14,17,20,24H,4-6,15-16,18H2,1-3H3/t20-/m1/s1. The second-order valence-corrected chi connectivity index (χ2v) is 9.57. The van der Waals surface area contributed by atoms with Crippen molar-refractivity contribution in [2.24, 2.45) is 7.05 Å². The Morgan fingerprint density at radius 2 is 1.85 bits per heavy atom. The van der Waals surface area contributed by atoms with E-state index in [1.807, 2.05) is 25.1 Å². The largest absolute Gasteiger partial charge is 0.491 e. The second-order valence-electron chi connectivity index (χ2n) is 9.13. The number of halogens is 1. The van der Waals surface area contributed by atoms with Crippen LogP contribution in [-0.2, 0) is 20.1 Å². The van der Waals surface area contributed by atoms with Crippen LogP contribution in [0.5, 0.6) is 5.75 Å². The van der Waals surface area contributed by atoms with Crippen molar-refractivity contribution < 1.29 is 4.74 Å². The lowest BCUT2D eigenvalue weighted by Gasteiger charge is -2.41. The van der Waals surface area contributed by atoms with E-state index in [2.05, 4.69) is 36.1 Å². The molecule has 0 aliphatic heterocycles. The molecule has 1 atom stereocenters. The summed E-state index contributed by atoms with van der Waals surface area (Å²) in [7, 11) is 1.63. The molecule has 0 unspecified atom stereocenters. The van der Waals surface area contributed by atoms with E-state index in [0.29, 0.717) is 12.1 Å². The van der Waals surface area contributed by atoms with E-state index in [1.165, 1.54) is 51.8 Å². The molecule has 0 bridgehead atoms. The maximum Gasteiger partial charge on any atom is 0.330 e. The molecule has 4 rings (SSSR count). The van der Waals surface area contributed by atoms with Crippen molar-refractivity contribution in [1.82, 2.24) is 14.0 Å². The Kier molecular flexibility index (Phi) is 7.59. The molecule has 0 saturated heterocycles. The number of aromatic nitrogens is 2. The molecule has 0 spiro atoms. The average molecular weight is 482 g/mol. The molecular formula is C27H32ClN3O3. The van der Waals surface area contributed by atoms with Gasteiger partial charge in [-0.3, -0.25) is 14.3 Å². The zero-order valence-electron chi connectivity index (χ0n) is 20.0. The molecule has 6 nitrogen and oxygen atoms in total. The fourth-order valence-electron chi connectivity index (χ4n) is 4.48. The van der Waals surface area contributed by atoms with E-state index in [-0.39, 0.29) is 24.4 Å². The Labute approximate surface area is 205 Å². The normalized spacial score (nSPS) is 14.7. The number of aryl methyl sites for hydroxylation is 2. The molecule has 7 heteroatoms. The minimum atomic E-state index is -0.339. The number of benzene rings is 2. The van der Waals surface area contributed by atoms with Crippen molar-refractivity contribution in [3.63, 3.8) is 0 Å². The van der Waals surface area contributed by atoms with Crippen molar-refractivity contribution in [3.8, 4) is 5.75 Å². The maximum absolute atomic E-state index is 12.2. The zero-order chi connectivity index (χ0) is 24.2. The van der Waals surface area contributed by atoms with Crippen molar-refractivity contribution >= 4 is 11.6 Å². The summed E-state index contributed by atoms with van der Waals surface area (Å²) in [5, 5.41) is 0.759. The highest BCUT2D eigenvalue weighted by atomic mass is 35.5. The first-order valence-corrected chi connectivity index (χ1v) is 12.2. The first kappa shape index (κ1) is 24.3. The molecule has 1 aliphatic rings. The Hall–Kier alpha value is -2.83. The summed E-state index contributed by atoms with van der Waals surface area (Å²) in [5.74, 6) is 0.769. The third-order valence-corrected chi connectivity index (χ3v) is 7.06. The molecule has 2 aromatic carbocycles. The van der Waals surface area contributed by atoms with Gasteiger partial charge >= 0.3 is 5.69 Å². The van der Waals surface area contributed by atoms with Crippen LogP contribution in [0.15, 0.2) is 64.3 Å². The van der Waals surface area contributed by atoms with Gasteiger partial charge in [0, 0.05) is 43.0 Å². The monoisotopic (exact) mass is 481 g/mol. The number of hydrogen-bond acceptors (Lipinski definition) is 4. The molecule has 0 amide bonds. The Morgan fingerprint density at radius 1 is 1.12 bits per heavy atom. The quantitative estimate of drug-likeness (QED) is 0.444. The number of rotatable bonds is 9. The van der Waals surface area contributed by atoms with Crippen LogP contribution >= 0.6 is 11.6 Å². The molecule has 3 aromatic rings. The predicted octanol–water partition coefficient (Wildman–Crippen LogP) is 4.70. The lowest BCUT2D eigenvalue weighted by atomic mass is 9.89. The number of hydrogen-bond donors (Lipinski definition) is 0. The Morgan fingerprint density at radius 3 is 2.50 bits per heavy atom. The lowest BCUT2D eigenvalue weighted by Crippen LogP contribution is -2.41. The zero-order valence-corrected chi connectivity index (χ0v) is 20.8. The van der Waals surface area contributed by atoms with Crippen LogP contribution in [0.4, 0.5) is 0 Å². The second kappa shape index (κ2) is 10.6. The molecule has 0 radical (unpaired) electrons. The van der Waals surface area contributed by atoms with Gasteiger partial charge in [-0.15, -0.1) is 0 Å². The number of ether oxygens (including phenoxy) is 1. The first-order valence-electron chi connectivity index (χ1n) is 11.8. The summed E-state index contributed by atoms with van der Waals surface area (Å²) in [6.45, 7) is 5.62. The van der Waals surface area contributed by atoms with Gasteiger partial charge in [-0.1, -0.05) is 42.3 Å².